The Hall–Kier alpha value is -3.38. The Bertz CT molecular complexity index is 1390. The normalized spacial score (nSPS) is 34.5. The van der Waals surface area contributed by atoms with Crippen molar-refractivity contribution in [3.63, 3.8) is 0 Å². The number of carboxylic acid groups (broad SMARTS) is 2. The molecule has 0 saturated carbocycles. The number of allylic oxidation sites excluding steroid dienone is 3. The molecule has 15 heteroatoms. The van der Waals surface area contributed by atoms with Crippen molar-refractivity contribution in [1.29, 1.82) is 0 Å². The first-order valence-corrected chi connectivity index (χ1v) is 13.4. The molecule has 0 amide bonds. The largest absolute Gasteiger partial charge is 0.508 e. The lowest BCUT2D eigenvalue weighted by Gasteiger charge is -2.45. The number of phenols is 1. The lowest BCUT2D eigenvalue weighted by Crippen LogP contribution is -2.71. The average Bonchev–Trinajstić information content (AvgIpc) is 3.24. The molecule has 0 spiro atoms. The molecule has 8 atom stereocenters. The summed E-state index contributed by atoms with van der Waals surface area (Å²) in [6, 6.07) is 2.84. The maximum atomic E-state index is 12.6. The highest BCUT2D eigenvalue weighted by Crippen LogP contribution is 2.48. The summed E-state index contributed by atoms with van der Waals surface area (Å²) in [5.74, 6) is -3.49. The van der Waals surface area contributed by atoms with E-state index in [-0.39, 0.29) is 23.3 Å². The molecule has 3 heterocycles. The lowest BCUT2D eigenvalue weighted by atomic mass is 9.76. The SMILES string of the molecule is NC1(O)C(OCCC(CC2=CC3=Cc4c(ccc(O)c4C2O)C2O/C(=C\3)CC2O)(C(=O)O)C(=O)O)OC(CO)C(O)C1O. The number of hydrogen-bond donors (Lipinski definition) is 10. The number of benzene rings is 1. The minimum Gasteiger partial charge on any atom is -0.508 e. The van der Waals surface area contributed by atoms with Crippen molar-refractivity contribution < 1.29 is 69.8 Å². The van der Waals surface area contributed by atoms with Crippen LogP contribution in [-0.4, -0.2) is 108 Å². The minimum atomic E-state index is -2.70. The van der Waals surface area contributed by atoms with E-state index in [4.69, 9.17) is 19.9 Å². The highest BCUT2D eigenvalue weighted by atomic mass is 16.7. The number of phenolic OH excluding ortho intramolecular Hbond substituents is 1. The van der Waals surface area contributed by atoms with Crippen LogP contribution < -0.4 is 5.73 Å². The molecule has 43 heavy (non-hydrogen) atoms. The van der Waals surface area contributed by atoms with Gasteiger partial charge in [0.25, 0.3) is 0 Å². The molecule has 3 aliphatic heterocycles. The quantitative estimate of drug-likeness (QED) is 0.113. The van der Waals surface area contributed by atoms with E-state index in [0.29, 0.717) is 22.5 Å². The molecule has 1 aromatic rings. The minimum absolute atomic E-state index is 0.0226. The van der Waals surface area contributed by atoms with Crippen LogP contribution in [0.2, 0.25) is 0 Å². The fraction of sp³-hybridized carbons (Fsp3) is 0.500. The number of ether oxygens (including phenoxy) is 3. The van der Waals surface area contributed by atoms with Gasteiger partial charge >= 0.3 is 11.9 Å². The van der Waals surface area contributed by atoms with Gasteiger partial charge in [-0.3, -0.25) is 15.3 Å². The number of carboxylic acids is 2. The molecular formula is C28H33NO14. The highest BCUT2D eigenvalue weighted by Gasteiger charge is 2.54. The highest BCUT2D eigenvalue weighted by molar-refractivity contribution is 5.98. The van der Waals surface area contributed by atoms with Gasteiger partial charge in [0.15, 0.2) is 17.2 Å². The number of rotatable bonds is 9. The molecular weight excluding hydrogens is 574 g/mol. The third-order valence-electron chi connectivity index (χ3n) is 8.41. The summed E-state index contributed by atoms with van der Waals surface area (Å²) < 4.78 is 16.5. The fourth-order valence-corrected chi connectivity index (χ4v) is 5.93. The monoisotopic (exact) mass is 607 g/mol. The molecule has 15 nitrogen and oxygen atoms in total. The predicted molar refractivity (Wildman–Crippen MR) is 141 cm³/mol. The molecule has 1 aliphatic carbocycles. The van der Waals surface area contributed by atoms with Gasteiger partial charge in [-0.2, -0.15) is 0 Å². The van der Waals surface area contributed by atoms with Crippen LogP contribution in [-0.2, 0) is 23.8 Å². The maximum Gasteiger partial charge on any atom is 0.321 e. The summed E-state index contributed by atoms with van der Waals surface area (Å²) in [4.78, 5) is 25.2. The summed E-state index contributed by atoms with van der Waals surface area (Å²) in [6.07, 6.45) is -7.20. The number of carbonyl (C=O) groups is 2. The Balaban J connectivity index is 1.46. The molecule has 1 aromatic carbocycles. The molecule has 4 aliphatic rings. The van der Waals surface area contributed by atoms with Crippen molar-refractivity contribution in [2.45, 2.75) is 67.9 Å². The van der Waals surface area contributed by atoms with Gasteiger partial charge in [-0.25, -0.2) is 0 Å². The molecule has 5 rings (SSSR count). The Morgan fingerprint density at radius 1 is 1.09 bits per heavy atom. The molecule has 2 fully saturated rings. The van der Waals surface area contributed by atoms with E-state index < -0.39 is 92.0 Å². The number of aliphatic hydroxyl groups is 6. The number of aliphatic carboxylic acids is 2. The zero-order valence-electron chi connectivity index (χ0n) is 22.6. The van der Waals surface area contributed by atoms with Crippen LogP contribution in [0.3, 0.4) is 0 Å². The number of aromatic hydroxyl groups is 1. The summed E-state index contributed by atoms with van der Waals surface area (Å²) >= 11 is 0. The third-order valence-corrected chi connectivity index (χ3v) is 8.41. The van der Waals surface area contributed by atoms with E-state index in [1.54, 1.807) is 18.2 Å². The molecule has 11 N–H and O–H groups in total. The first-order chi connectivity index (χ1) is 20.2. The van der Waals surface area contributed by atoms with Crippen molar-refractivity contribution in [2.75, 3.05) is 13.2 Å². The Kier molecular flexibility index (Phi) is 8.14. The molecule has 8 unspecified atom stereocenters. The Labute approximate surface area is 244 Å². The van der Waals surface area contributed by atoms with Crippen LogP contribution in [0, 0.1) is 5.41 Å². The molecule has 4 bridgehead atoms. The zero-order valence-corrected chi connectivity index (χ0v) is 22.6. The van der Waals surface area contributed by atoms with E-state index in [2.05, 4.69) is 0 Å². The van der Waals surface area contributed by atoms with Crippen molar-refractivity contribution >= 4 is 18.0 Å². The Morgan fingerprint density at radius 3 is 2.44 bits per heavy atom. The van der Waals surface area contributed by atoms with Crippen LogP contribution in [0.15, 0.2) is 41.2 Å². The second-order valence-electron chi connectivity index (χ2n) is 11.2. The first-order valence-electron chi connectivity index (χ1n) is 13.4. The van der Waals surface area contributed by atoms with Crippen LogP contribution in [0.5, 0.6) is 5.75 Å². The van der Waals surface area contributed by atoms with E-state index in [1.165, 1.54) is 12.1 Å². The van der Waals surface area contributed by atoms with Crippen molar-refractivity contribution in [3.05, 3.63) is 57.9 Å². The van der Waals surface area contributed by atoms with Crippen molar-refractivity contribution in [2.24, 2.45) is 11.1 Å². The van der Waals surface area contributed by atoms with Gasteiger partial charge in [-0.05, 0) is 47.8 Å². The smallest absolute Gasteiger partial charge is 0.321 e. The first kappa shape index (κ1) is 31.1. The topological polar surface area (TPSA) is 270 Å². The van der Waals surface area contributed by atoms with E-state index in [1.807, 2.05) is 0 Å². The van der Waals surface area contributed by atoms with E-state index >= 15 is 0 Å². The number of hydrogen-bond acceptors (Lipinski definition) is 13. The van der Waals surface area contributed by atoms with E-state index in [0.717, 1.165) is 0 Å². The number of fused-ring (bicyclic) bond motifs is 3. The van der Waals surface area contributed by atoms with Crippen LogP contribution in [0.1, 0.15) is 48.2 Å². The number of nitrogens with two attached hydrogens (primary N) is 1. The third kappa shape index (κ3) is 5.22. The fourth-order valence-electron chi connectivity index (χ4n) is 5.93. The molecule has 0 aromatic heterocycles. The van der Waals surface area contributed by atoms with Gasteiger partial charge in [-0.15, -0.1) is 0 Å². The number of aliphatic hydroxyl groups excluding tert-OH is 5. The van der Waals surface area contributed by atoms with Crippen molar-refractivity contribution in [3.8, 4) is 5.75 Å². The van der Waals surface area contributed by atoms with Crippen LogP contribution >= 0.6 is 0 Å². The second kappa shape index (κ2) is 11.3. The molecule has 234 valence electrons. The van der Waals surface area contributed by atoms with Gasteiger partial charge in [0.1, 0.15) is 42.0 Å². The Morgan fingerprint density at radius 2 is 1.79 bits per heavy atom. The maximum absolute atomic E-state index is 12.6. The second-order valence-corrected chi connectivity index (χ2v) is 11.2. The van der Waals surface area contributed by atoms with Crippen molar-refractivity contribution in [1.82, 2.24) is 0 Å². The summed E-state index contributed by atoms with van der Waals surface area (Å²) in [6.45, 7) is -1.50. The molecule has 2 saturated heterocycles. The average molecular weight is 608 g/mol. The standard InChI is InChI=1S/C28H33NO14/c29-28(40)23(35)21(34)18(10-30)43-26(28)41-4-3-27(24(36)37,25(38)39)9-12-5-11-6-13-8-17(32)22(42-13)14-1-2-16(31)19(20(12)33)15(14)7-11/h1-2,5-7,17-18,20-23,26,30-35,40H,3-4,8-10,29H2,(H,36,37)(H,38,39)/b13-6-. The van der Waals surface area contributed by atoms with E-state index in [9.17, 15) is 55.5 Å². The summed E-state index contributed by atoms with van der Waals surface area (Å²) in [5, 5.41) is 93.1. The van der Waals surface area contributed by atoms with Crippen LogP contribution in [0.25, 0.3) is 6.08 Å². The van der Waals surface area contributed by atoms with Gasteiger partial charge in [0, 0.05) is 17.5 Å². The zero-order chi connectivity index (χ0) is 31.4. The van der Waals surface area contributed by atoms with Gasteiger partial charge in [-0.1, -0.05) is 12.1 Å². The van der Waals surface area contributed by atoms with Gasteiger partial charge in [0.2, 0.25) is 6.29 Å². The lowest BCUT2D eigenvalue weighted by molar-refractivity contribution is -0.340. The predicted octanol–water partition coefficient (Wildman–Crippen LogP) is -1.49. The van der Waals surface area contributed by atoms with Gasteiger partial charge < -0.3 is 60.2 Å². The van der Waals surface area contributed by atoms with Gasteiger partial charge in [0.05, 0.1) is 13.2 Å². The summed E-state index contributed by atoms with van der Waals surface area (Å²) in [5.41, 5.74) is 1.46. The summed E-state index contributed by atoms with van der Waals surface area (Å²) in [7, 11) is 0. The van der Waals surface area contributed by atoms with Crippen LogP contribution in [0.4, 0.5) is 0 Å². The molecule has 0 radical (unpaired) electrons.